The molecule has 0 saturated heterocycles. The third-order valence-corrected chi connectivity index (χ3v) is 4.31. The second-order valence-corrected chi connectivity index (χ2v) is 8.56. The van der Waals surface area contributed by atoms with Gasteiger partial charge in [0.05, 0.1) is 24.3 Å². The van der Waals surface area contributed by atoms with Gasteiger partial charge in [0.25, 0.3) is 0 Å². The average Bonchev–Trinajstić information content (AvgIpc) is 2.61. The average molecular weight is 377 g/mol. The van der Waals surface area contributed by atoms with Crippen LogP contribution in [-0.4, -0.2) is 25.2 Å². The topological polar surface area (TPSA) is 52.6 Å². The van der Waals surface area contributed by atoms with Crippen molar-refractivity contribution in [3.63, 3.8) is 0 Å². The number of carbonyl (C=O) groups is 2. The van der Waals surface area contributed by atoms with Crippen molar-refractivity contribution in [3.05, 3.63) is 35.4 Å². The maximum atomic E-state index is 12.5. The van der Waals surface area contributed by atoms with E-state index in [1.54, 1.807) is 24.3 Å². The van der Waals surface area contributed by atoms with E-state index in [0.717, 1.165) is 25.7 Å². The van der Waals surface area contributed by atoms with Gasteiger partial charge in [-0.15, -0.1) is 0 Å². The summed E-state index contributed by atoms with van der Waals surface area (Å²) in [6.07, 6.45) is 6.41. The third-order valence-electron chi connectivity index (χ3n) is 4.31. The number of esters is 2. The fourth-order valence-electron chi connectivity index (χ4n) is 3.19. The van der Waals surface area contributed by atoms with Gasteiger partial charge in [-0.05, 0) is 36.3 Å². The molecule has 1 aromatic rings. The van der Waals surface area contributed by atoms with Crippen LogP contribution in [0.25, 0.3) is 0 Å². The van der Waals surface area contributed by atoms with E-state index in [1.165, 1.54) is 12.8 Å². The van der Waals surface area contributed by atoms with Gasteiger partial charge in [-0.2, -0.15) is 0 Å². The predicted molar refractivity (Wildman–Crippen MR) is 109 cm³/mol. The zero-order chi connectivity index (χ0) is 20.3. The van der Waals surface area contributed by atoms with Crippen LogP contribution in [-0.2, 0) is 9.47 Å². The molecular weight excluding hydrogens is 340 g/mol. The molecule has 0 fully saturated rings. The second kappa shape index (κ2) is 11.8. The van der Waals surface area contributed by atoms with Crippen LogP contribution in [0.3, 0.4) is 0 Å². The molecule has 0 heterocycles. The van der Waals surface area contributed by atoms with Crippen molar-refractivity contribution in [2.75, 3.05) is 13.2 Å². The molecule has 0 aliphatic heterocycles. The van der Waals surface area contributed by atoms with E-state index in [1.807, 2.05) is 0 Å². The SMILES string of the molecule is CCCCCCCOC(=O)c1ccccc1C(=O)OCC(C)CC(C)(C)C. The molecule has 0 radical (unpaired) electrons. The maximum Gasteiger partial charge on any atom is 0.339 e. The monoisotopic (exact) mass is 376 g/mol. The van der Waals surface area contributed by atoms with E-state index in [0.29, 0.717) is 13.2 Å². The summed E-state index contributed by atoms with van der Waals surface area (Å²) in [6, 6.07) is 6.71. The molecule has 0 saturated carbocycles. The highest BCUT2D eigenvalue weighted by molar-refractivity contribution is 6.03. The van der Waals surface area contributed by atoms with Crippen molar-refractivity contribution < 1.29 is 19.1 Å². The number of unbranched alkanes of at least 4 members (excludes halogenated alkanes) is 4. The molecule has 0 aromatic heterocycles. The van der Waals surface area contributed by atoms with Crippen LogP contribution in [0.15, 0.2) is 24.3 Å². The van der Waals surface area contributed by atoms with Crippen LogP contribution >= 0.6 is 0 Å². The molecule has 0 aliphatic carbocycles. The summed E-state index contributed by atoms with van der Waals surface area (Å²) in [6.45, 7) is 11.5. The van der Waals surface area contributed by atoms with Gasteiger partial charge >= 0.3 is 11.9 Å². The largest absolute Gasteiger partial charge is 0.462 e. The number of carbonyl (C=O) groups excluding carboxylic acids is 2. The minimum atomic E-state index is -0.466. The molecule has 4 heteroatoms. The van der Waals surface area contributed by atoms with Gasteiger partial charge in [-0.3, -0.25) is 0 Å². The number of rotatable bonds is 11. The zero-order valence-corrected chi connectivity index (χ0v) is 17.7. The van der Waals surface area contributed by atoms with E-state index in [9.17, 15) is 9.59 Å². The lowest BCUT2D eigenvalue weighted by atomic mass is 9.86. The van der Waals surface area contributed by atoms with Crippen molar-refractivity contribution in [2.24, 2.45) is 11.3 Å². The highest BCUT2D eigenvalue weighted by Crippen LogP contribution is 2.24. The first-order valence-electron chi connectivity index (χ1n) is 10.2. The van der Waals surface area contributed by atoms with Crippen LogP contribution in [0, 0.1) is 11.3 Å². The molecule has 1 rings (SSSR count). The molecule has 1 aromatic carbocycles. The van der Waals surface area contributed by atoms with Crippen molar-refractivity contribution in [1.29, 1.82) is 0 Å². The van der Waals surface area contributed by atoms with Crippen molar-refractivity contribution >= 4 is 11.9 Å². The summed E-state index contributed by atoms with van der Waals surface area (Å²) in [5.41, 5.74) is 0.737. The van der Waals surface area contributed by atoms with Gasteiger partial charge in [-0.25, -0.2) is 9.59 Å². The van der Waals surface area contributed by atoms with Gasteiger partial charge < -0.3 is 9.47 Å². The van der Waals surface area contributed by atoms with Crippen LogP contribution in [0.5, 0.6) is 0 Å². The van der Waals surface area contributed by atoms with Crippen LogP contribution in [0.2, 0.25) is 0 Å². The standard InChI is InChI=1S/C23H36O4/c1-6-7-8-9-12-15-26-21(24)19-13-10-11-14-20(19)22(25)27-17-18(2)16-23(3,4)5/h10-11,13-14,18H,6-9,12,15-17H2,1-5H3. The highest BCUT2D eigenvalue weighted by Gasteiger charge is 2.21. The van der Waals surface area contributed by atoms with Crippen LogP contribution < -0.4 is 0 Å². The Labute approximate surface area is 164 Å². The van der Waals surface area contributed by atoms with Gasteiger partial charge in [0, 0.05) is 0 Å². The summed E-state index contributed by atoms with van der Waals surface area (Å²) in [5, 5.41) is 0. The molecule has 1 unspecified atom stereocenters. The van der Waals surface area contributed by atoms with E-state index in [-0.39, 0.29) is 22.5 Å². The van der Waals surface area contributed by atoms with E-state index < -0.39 is 11.9 Å². The molecule has 1 atom stereocenters. The van der Waals surface area contributed by atoms with E-state index in [4.69, 9.17) is 9.47 Å². The third kappa shape index (κ3) is 9.60. The molecule has 0 aliphatic rings. The highest BCUT2D eigenvalue weighted by atomic mass is 16.5. The lowest BCUT2D eigenvalue weighted by Gasteiger charge is -2.23. The van der Waals surface area contributed by atoms with Gasteiger partial charge in [0.1, 0.15) is 0 Å². The van der Waals surface area contributed by atoms with Crippen molar-refractivity contribution in [1.82, 2.24) is 0 Å². The molecule has 0 N–H and O–H groups in total. The molecule has 0 spiro atoms. The summed E-state index contributed by atoms with van der Waals surface area (Å²) < 4.78 is 10.8. The molecule has 0 bridgehead atoms. The number of ether oxygens (including phenoxy) is 2. The van der Waals surface area contributed by atoms with Gasteiger partial charge in [0.15, 0.2) is 0 Å². The van der Waals surface area contributed by atoms with E-state index in [2.05, 4.69) is 34.6 Å². The number of hydrogen-bond donors (Lipinski definition) is 0. The van der Waals surface area contributed by atoms with E-state index >= 15 is 0 Å². The number of hydrogen-bond acceptors (Lipinski definition) is 4. The summed E-state index contributed by atoms with van der Waals surface area (Å²) in [7, 11) is 0. The Hall–Kier alpha value is -1.84. The Morgan fingerprint density at radius 1 is 0.926 bits per heavy atom. The lowest BCUT2D eigenvalue weighted by molar-refractivity contribution is 0.0399. The summed E-state index contributed by atoms with van der Waals surface area (Å²) in [5.74, 6) is -0.664. The normalized spacial score (nSPS) is 12.5. The second-order valence-electron chi connectivity index (χ2n) is 8.56. The molecule has 27 heavy (non-hydrogen) atoms. The number of benzene rings is 1. The Balaban J connectivity index is 2.56. The molecule has 4 nitrogen and oxygen atoms in total. The fourth-order valence-corrected chi connectivity index (χ4v) is 3.19. The first-order valence-corrected chi connectivity index (χ1v) is 10.2. The molecule has 152 valence electrons. The van der Waals surface area contributed by atoms with Crippen molar-refractivity contribution in [3.8, 4) is 0 Å². The smallest absolute Gasteiger partial charge is 0.339 e. The Bertz CT molecular complexity index is 586. The van der Waals surface area contributed by atoms with Crippen LogP contribution in [0.4, 0.5) is 0 Å². The summed E-state index contributed by atoms with van der Waals surface area (Å²) >= 11 is 0. The molecular formula is C23H36O4. The fraction of sp³-hybridized carbons (Fsp3) is 0.652. The maximum absolute atomic E-state index is 12.5. The first-order chi connectivity index (χ1) is 12.7. The van der Waals surface area contributed by atoms with Crippen LogP contribution in [0.1, 0.15) is 93.9 Å². The van der Waals surface area contributed by atoms with Crippen molar-refractivity contribution in [2.45, 2.75) is 73.1 Å². The molecule has 0 amide bonds. The minimum Gasteiger partial charge on any atom is -0.462 e. The van der Waals surface area contributed by atoms with Gasteiger partial charge in [-0.1, -0.05) is 72.4 Å². The van der Waals surface area contributed by atoms with Gasteiger partial charge in [0.2, 0.25) is 0 Å². The Kier molecular flexibility index (Phi) is 10.1. The summed E-state index contributed by atoms with van der Waals surface area (Å²) in [4.78, 5) is 24.8. The zero-order valence-electron chi connectivity index (χ0n) is 17.7. The quantitative estimate of drug-likeness (QED) is 0.349. The Morgan fingerprint density at radius 3 is 2.04 bits per heavy atom. The lowest BCUT2D eigenvalue weighted by Crippen LogP contribution is -2.19. The predicted octanol–water partition coefficient (Wildman–Crippen LogP) is 6.04. The first kappa shape index (κ1) is 23.2. The Morgan fingerprint density at radius 2 is 1.48 bits per heavy atom. The minimum absolute atomic E-state index is 0.185.